The van der Waals surface area contributed by atoms with E-state index in [1.165, 1.54) is 4.90 Å². The number of nitrogens with two attached hydrogens (primary N) is 1. The van der Waals surface area contributed by atoms with Gasteiger partial charge in [-0.05, 0) is 44.7 Å². The van der Waals surface area contributed by atoms with Gasteiger partial charge >= 0.3 is 11.9 Å². The SMILES string of the molecule is CC(C)(C)OC(=O)[C@@H]1CCCN1C(=O)[C@@H](OCc1ccccc1)[C@H](O)C(=O)N[C@@H](CC(N)=O)C(=O)OCc1ccccc1. The Bertz CT molecular complexity index is 1260. The molecule has 0 spiro atoms. The fourth-order valence-electron chi connectivity index (χ4n) is 4.48. The molecule has 3 rings (SSSR count). The monoisotopic (exact) mass is 597 g/mol. The summed E-state index contributed by atoms with van der Waals surface area (Å²) in [4.78, 5) is 65.5. The zero-order chi connectivity index (χ0) is 31.6. The average molecular weight is 598 g/mol. The van der Waals surface area contributed by atoms with Crippen molar-refractivity contribution in [2.24, 2.45) is 5.73 Å². The molecule has 12 heteroatoms. The molecule has 232 valence electrons. The van der Waals surface area contributed by atoms with E-state index in [-0.39, 0.29) is 19.8 Å². The Labute approximate surface area is 250 Å². The number of carbonyl (C=O) groups excluding carboxylic acids is 5. The normalized spacial score (nSPS) is 16.9. The van der Waals surface area contributed by atoms with Crippen LogP contribution in [0.15, 0.2) is 60.7 Å². The summed E-state index contributed by atoms with van der Waals surface area (Å²) in [5, 5.41) is 13.4. The lowest BCUT2D eigenvalue weighted by atomic mass is 10.1. The Balaban J connectivity index is 1.78. The Hall–Kier alpha value is -4.29. The maximum Gasteiger partial charge on any atom is 0.329 e. The van der Waals surface area contributed by atoms with Crippen LogP contribution in [-0.4, -0.2) is 76.1 Å². The molecule has 1 saturated heterocycles. The number of aliphatic hydroxyl groups excluding tert-OH is 1. The molecule has 2 aromatic rings. The lowest BCUT2D eigenvalue weighted by Crippen LogP contribution is -2.56. The third-order valence-electron chi connectivity index (χ3n) is 6.52. The third kappa shape index (κ3) is 10.2. The van der Waals surface area contributed by atoms with Crippen molar-refractivity contribution in [1.82, 2.24) is 10.2 Å². The van der Waals surface area contributed by atoms with Gasteiger partial charge in [0.15, 0.2) is 12.2 Å². The lowest BCUT2D eigenvalue weighted by molar-refractivity contribution is -0.170. The first-order chi connectivity index (χ1) is 20.4. The van der Waals surface area contributed by atoms with E-state index < -0.39 is 66.0 Å². The number of hydrogen-bond acceptors (Lipinski definition) is 9. The van der Waals surface area contributed by atoms with Gasteiger partial charge < -0.3 is 35.3 Å². The first-order valence-electron chi connectivity index (χ1n) is 14.0. The fraction of sp³-hybridized carbons (Fsp3) is 0.452. The standard InChI is InChI=1S/C31H39N3O9/c1-31(2,3)43-30(40)23-15-10-16-34(23)28(38)26(41-18-20-11-6-4-7-12-20)25(36)27(37)33-22(17-24(32)35)29(39)42-19-21-13-8-5-9-14-21/h4-9,11-14,22-23,25-26,36H,10,15-19H2,1-3H3,(H2,32,35)(H,33,37)/t22-,23-,25-,26-/m0/s1. The number of nitrogens with zero attached hydrogens (tertiary/aromatic N) is 1. The molecule has 1 fully saturated rings. The van der Waals surface area contributed by atoms with E-state index in [0.717, 1.165) is 0 Å². The van der Waals surface area contributed by atoms with Gasteiger partial charge in [0.2, 0.25) is 5.91 Å². The van der Waals surface area contributed by atoms with Gasteiger partial charge in [-0.1, -0.05) is 60.7 Å². The molecule has 43 heavy (non-hydrogen) atoms. The number of ether oxygens (including phenoxy) is 3. The van der Waals surface area contributed by atoms with Crippen LogP contribution in [0.2, 0.25) is 0 Å². The van der Waals surface area contributed by atoms with Gasteiger partial charge in [-0.3, -0.25) is 14.4 Å². The molecule has 0 aromatic heterocycles. The highest BCUT2D eigenvalue weighted by molar-refractivity contribution is 5.95. The minimum absolute atomic E-state index is 0.129. The second-order valence-electron chi connectivity index (χ2n) is 11.2. The number of rotatable bonds is 13. The first kappa shape index (κ1) is 33.2. The molecule has 0 saturated carbocycles. The maximum atomic E-state index is 13.7. The number of nitrogens with one attached hydrogen (secondary N) is 1. The highest BCUT2D eigenvalue weighted by Crippen LogP contribution is 2.24. The van der Waals surface area contributed by atoms with Gasteiger partial charge in [0.1, 0.15) is 24.3 Å². The molecule has 12 nitrogen and oxygen atoms in total. The van der Waals surface area contributed by atoms with Crippen LogP contribution in [0.5, 0.6) is 0 Å². The smallest absolute Gasteiger partial charge is 0.329 e. The van der Waals surface area contributed by atoms with Crippen LogP contribution < -0.4 is 11.1 Å². The van der Waals surface area contributed by atoms with Crippen LogP contribution in [0.4, 0.5) is 0 Å². The lowest BCUT2D eigenvalue weighted by Gasteiger charge is -2.31. The topological polar surface area (TPSA) is 175 Å². The van der Waals surface area contributed by atoms with Crippen molar-refractivity contribution < 1.29 is 43.3 Å². The Kier molecular flexibility index (Phi) is 11.8. The zero-order valence-electron chi connectivity index (χ0n) is 24.6. The molecular formula is C31H39N3O9. The Morgan fingerprint density at radius 1 is 0.977 bits per heavy atom. The van der Waals surface area contributed by atoms with Crippen LogP contribution in [0.25, 0.3) is 0 Å². The number of amides is 3. The molecular weight excluding hydrogens is 558 g/mol. The fourth-order valence-corrected chi connectivity index (χ4v) is 4.48. The zero-order valence-corrected chi connectivity index (χ0v) is 24.6. The van der Waals surface area contributed by atoms with Gasteiger partial charge in [-0.15, -0.1) is 0 Å². The first-order valence-corrected chi connectivity index (χ1v) is 14.0. The average Bonchev–Trinajstić information content (AvgIpc) is 3.46. The summed E-state index contributed by atoms with van der Waals surface area (Å²) in [6.45, 7) is 5.03. The van der Waals surface area contributed by atoms with Crippen molar-refractivity contribution in [3.8, 4) is 0 Å². The molecule has 2 aromatic carbocycles. The quantitative estimate of drug-likeness (QED) is 0.288. The van der Waals surface area contributed by atoms with Gasteiger partial charge in [-0.2, -0.15) is 0 Å². The number of likely N-dealkylation sites (tertiary alicyclic amines) is 1. The second kappa shape index (κ2) is 15.3. The minimum atomic E-state index is -2.12. The van der Waals surface area contributed by atoms with Crippen LogP contribution in [0.3, 0.4) is 0 Å². The molecule has 0 bridgehead atoms. The van der Waals surface area contributed by atoms with Crippen molar-refractivity contribution >= 4 is 29.7 Å². The summed E-state index contributed by atoms with van der Waals surface area (Å²) in [5.74, 6) is -4.43. The Morgan fingerprint density at radius 2 is 1.56 bits per heavy atom. The summed E-state index contributed by atoms with van der Waals surface area (Å²) in [6, 6.07) is 15.1. The summed E-state index contributed by atoms with van der Waals surface area (Å²) in [6.07, 6.45) is -3.65. The molecule has 4 atom stereocenters. The third-order valence-corrected chi connectivity index (χ3v) is 6.52. The van der Waals surface area contributed by atoms with Gasteiger partial charge in [0.05, 0.1) is 13.0 Å². The molecule has 4 N–H and O–H groups in total. The van der Waals surface area contributed by atoms with Gasteiger partial charge in [0.25, 0.3) is 11.8 Å². The van der Waals surface area contributed by atoms with Crippen molar-refractivity contribution in [1.29, 1.82) is 0 Å². The number of aliphatic hydroxyl groups is 1. The van der Waals surface area contributed by atoms with E-state index >= 15 is 0 Å². The predicted octanol–water partition coefficient (Wildman–Crippen LogP) is 1.37. The van der Waals surface area contributed by atoms with E-state index in [0.29, 0.717) is 24.0 Å². The van der Waals surface area contributed by atoms with Crippen LogP contribution in [0, 0.1) is 0 Å². The number of benzene rings is 2. The van der Waals surface area contributed by atoms with E-state index in [1.54, 1.807) is 81.4 Å². The summed E-state index contributed by atoms with van der Waals surface area (Å²) in [7, 11) is 0. The summed E-state index contributed by atoms with van der Waals surface area (Å²) >= 11 is 0. The van der Waals surface area contributed by atoms with Crippen molar-refractivity contribution in [2.75, 3.05) is 6.54 Å². The molecule has 0 radical (unpaired) electrons. The second-order valence-corrected chi connectivity index (χ2v) is 11.2. The van der Waals surface area contributed by atoms with Crippen LogP contribution in [-0.2, 0) is 51.4 Å². The Morgan fingerprint density at radius 3 is 2.12 bits per heavy atom. The number of hydrogen-bond donors (Lipinski definition) is 3. The van der Waals surface area contributed by atoms with E-state index in [1.807, 2.05) is 0 Å². The van der Waals surface area contributed by atoms with Crippen LogP contribution >= 0.6 is 0 Å². The highest BCUT2D eigenvalue weighted by Gasteiger charge is 2.44. The van der Waals surface area contributed by atoms with Crippen molar-refractivity contribution in [3.05, 3.63) is 71.8 Å². The molecule has 0 aliphatic carbocycles. The largest absolute Gasteiger partial charge is 0.459 e. The molecule has 1 heterocycles. The predicted molar refractivity (Wildman–Crippen MR) is 154 cm³/mol. The van der Waals surface area contributed by atoms with E-state index in [4.69, 9.17) is 19.9 Å². The number of esters is 2. The highest BCUT2D eigenvalue weighted by atomic mass is 16.6. The minimum Gasteiger partial charge on any atom is -0.459 e. The maximum absolute atomic E-state index is 13.7. The van der Waals surface area contributed by atoms with Gasteiger partial charge in [0, 0.05) is 6.54 Å². The summed E-state index contributed by atoms with van der Waals surface area (Å²) < 4.78 is 16.5. The number of primary amides is 1. The van der Waals surface area contributed by atoms with E-state index in [2.05, 4.69) is 5.32 Å². The van der Waals surface area contributed by atoms with Gasteiger partial charge in [-0.25, -0.2) is 9.59 Å². The van der Waals surface area contributed by atoms with E-state index in [9.17, 15) is 29.1 Å². The molecule has 1 aliphatic heterocycles. The van der Waals surface area contributed by atoms with Crippen LogP contribution in [0.1, 0.15) is 51.2 Å². The molecule has 0 unspecified atom stereocenters. The van der Waals surface area contributed by atoms with Crippen molar-refractivity contribution in [3.63, 3.8) is 0 Å². The molecule has 3 amide bonds. The molecule has 1 aliphatic rings. The number of carbonyl (C=O) groups is 5. The summed E-state index contributed by atoms with van der Waals surface area (Å²) in [5.41, 5.74) is 5.83. The van der Waals surface area contributed by atoms with Crippen molar-refractivity contribution in [2.45, 2.75) is 83.1 Å².